The van der Waals surface area contributed by atoms with E-state index >= 15 is 0 Å². The highest BCUT2D eigenvalue weighted by Crippen LogP contribution is 2.40. The molecular formula is C13H13BN4OS. The van der Waals surface area contributed by atoms with Crippen LogP contribution >= 0.6 is 11.3 Å². The van der Waals surface area contributed by atoms with Crippen molar-refractivity contribution in [3.05, 3.63) is 29.7 Å². The van der Waals surface area contributed by atoms with Crippen molar-refractivity contribution in [3.8, 4) is 16.7 Å². The maximum absolute atomic E-state index is 10.7. The fourth-order valence-corrected chi connectivity index (χ4v) is 3.47. The summed E-state index contributed by atoms with van der Waals surface area (Å²) in [7, 11) is 0. The number of rotatable bonds is 2. The highest BCUT2D eigenvalue weighted by molar-refractivity contribution is 7.15. The first kappa shape index (κ1) is 13.2. The van der Waals surface area contributed by atoms with Crippen LogP contribution < -0.4 is 0 Å². The van der Waals surface area contributed by atoms with Gasteiger partial charge in [0.15, 0.2) is 5.82 Å². The molecule has 1 aliphatic rings. The van der Waals surface area contributed by atoms with E-state index in [4.69, 9.17) is 5.26 Å². The molecule has 0 bridgehead atoms. The molecule has 0 aromatic carbocycles. The number of nitriles is 1. The van der Waals surface area contributed by atoms with E-state index in [0.29, 0.717) is 23.7 Å². The molecule has 0 saturated carbocycles. The number of thiazole rings is 1. The second-order valence-electron chi connectivity index (χ2n) is 5.04. The van der Waals surface area contributed by atoms with Gasteiger partial charge in [-0.05, 0) is 18.9 Å². The summed E-state index contributed by atoms with van der Waals surface area (Å²) in [5.74, 6) is 2.91. The number of hydrogen-bond acceptors (Lipinski definition) is 6. The van der Waals surface area contributed by atoms with Crippen molar-refractivity contribution in [2.75, 3.05) is 0 Å². The summed E-state index contributed by atoms with van der Waals surface area (Å²) >= 11 is 1.43. The molecule has 2 aromatic rings. The highest BCUT2D eigenvalue weighted by atomic mass is 32.1. The van der Waals surface area contributed by atoms with E-state index in [2.05, 4.69) is 20.9 Å². The minimum Gasteiger partial charge on any atom is -0.383 e. The molecule has 100 valence electrons. The van der Waals surface area contributed by atoms with Crippen molar-refractivity contribution >= 4 is 18.0 Å². The zero-order valence-corrected chi connectivity index (χ0v) is 11.7. The minimum atomic E-state index is -0.898. The third kappa shape index (κ3) is 2.44. The second-order valence-corrected chi connectivity index (χ2v) is 6.07. The Morgan fingerprint density at radius 2 is 1.95 bits per heavy atom. The molecule has 1 saturated heterocycles. The molecule has 0 radical (unpaired) electrons. The van der Waals surface area contributed by atoms with Crippen LogP contribution in [0.3, 0.4) is 0 Å². The summed E-state index contributed by atoms with van der Waals surface area (Å²) in [5.41, 5.74) is -0.898. The van der Waals surface area contributed by atoms with Crippen molar-refractivity contribution in [2.24, 2.45) is 0 Å². The van der Waals surface area contributed by atoms with Crippen molar-refractivity contribution in [1.29, 1.82) is 5.26 Å². The monoisotopic (exact) mass is 284 g/mol. The average molecular weight is 284 g/mol. The van der Waals surface area contributed by atoms with E-state index < -0.39 is 5.60 Å². The van der Waals surface area contributed by atoms with Gasteiger partial charge in [0.25, 0.3) is 6.71 Å². The number of aliphatic hydroxyl groups is 1. The molecule has 1 aliphatic heterocycles. The van der Waals surface area contributed by atoms with E-state index in [0.717, 1.165) is 17.5 Å². The molecule has 3 rings (SSSR count). The maximum Gasteiger partial charge on any atom is 0.268 e. The van der Waals surface area contributed by atoms with Gasteiger partial charge in [0.1, 0.15) is 10.6 Å². The third-order valence-electron chi connectivity index (χ3n) is 3.69. The Morgan fingerprint density at radius 1 is 1.25 bits per heavy atom. The zero-order valence-electron chi connectivity index (χ0n) is 10.9. The van der Waals surface area contributed by atoms with E-state index in [1.54, 1.807) is 24.7 Å². The van der Waals surface area contributed by atoms with Gasteiger partial charge in [-0.2, -0.15) is 0 Å². The molecule has 20 heavy (non-hydrogen) atoms. The maximum atomic E-state index is 10.7. The Labute approximate surface area is 121 Å². The SMILES string of the molecule is N#CB1CCC(O)(c2ncc(-c3ncccn3)s2)CC1. The molecule has 5 nitrogen and oxygen atoms in total. The smallest absolute Gasteiger partial charge is 0.268 e. The van der Waals surface area contributed by atoms with Gasteiger partial charge in [-0.15, -0.1) is 11.3 Å². The Hall–Kier alpha value is -1.78. The molecule has 7 heteroatoms. The fraction of sp³-hybridized carbons (Fsp3) is 0.385. The highest BCUT2D eigenvalue weighted by Gasteiger charge is 2.38. The molecule has 0 amide bonds. The Kier molecular flexibility index (Phi) is 3.51. The van der Waals surface area contributed by atoms with Gasteiger partial charge in [-0.3, -0.25) is 0 Å². The van der Waals surface area contributed by atoms with Gasteiger partial charge in [-0.25, -0.2) is 20.2 Å². The first-order valence-corrected chi connectivity index (χ1v) is 7.38. The van der Waals surface area contributed by atoms with Crippen LogP contribution in [0.5, 0.6) is 0 Å². The Morgan fingerprint density at radius 3 is 2.60 bits per heavy atom. The number of hydrogen-bond donors (Lipinski definition) is 1. The van der Waals surface area contributed by atoms with Gasteiger partial charge >= 0.3 is 0 Å². The second kappa shape index (κ2) is 5.31. The van der Waals surface area contributed by atoms with Crippen LogP contribution in [0.1, 0.15) is 17.8 Å². The van der Waals surface area contributed by atoms with Crippen LogP contribution in [0.4, 0.5) is 0 Å². The van der Waals surface area contributed by atoms with E-state index in [9.17, 15) is 5.11 Å². The molecule has 0 spiro atoms. The minimum absolute atomic E-state index is 0.0622. The number of aromatic nitrogens is 3. The normalized spacial score (nSPS) is 17.7. The standard InChI is InChI=1S/C13H13BN4OS/c15-9-14-4-2-13(19,3-5-14)12-18-8-10(20-12)11-16-6-1-7-17-11/h1,6-8,19H,2-5H2. The quantitative estimate of drug-likeness (QED) is 0.854. The Bertz CT molecular complexity index is 631. The van der Waals surface area contributed by atoms with Crippen LogP contribution in [0, 0.1) is 11.2 Å². The van der Waals surface area contributed by atoms with Crippen LogP contribution in [-0.4, -0.2) is 26.8 Å². The first-order chi connectivity index (χ1) is 9.71. The number of nitrogens with zero attached hydrogens (tertiary/aromatic N) is 4. The molecular weight excluding hydrogens is 271 g/mol. The molecule has 2 aromatic heterocycles. The van der Waals surface area contributed by atoms with Crippen LogP contribution in [-0.2, 0) is 5.60 Å². The predicted molar refractivity (Wildman–Crippen MR) is 77.3 cm³/mol. The summed E-state index contributed by atoms with van der Waals surface area (Å²) in [6.45, 7) is 0.0622. The summed E-state index contributed by atoms with van der Waals surface area (Å²) in [6.07, 6.45) is 7.72. The fourth-order valence-electron chi connectivity index (χ4n) is 2.46. The summed E-state index contributed by atoms with van der Waals surface area (Å²) < 4.78 is 0. The third-order valence-corrected chi connectivity index (χ3v) is 4.87. The van der Waals surface area contributed by atoms with E-state index in [1.165, 1.54) is 11.3 Å². The molecule has 1 fully saturated rings. The molecule has 0 atom stereocenters. The topological polar surface area (TPSA) is 82.7 Å². The summed E-state index contributed by atoms with van der Waals surface area (Å²) in [6, 6.07) is 1.77. The van der Waals surface area contributed by atoms with Crippen molar-refractivity contribution in [2.45, 2.75) is 31.1 Å². The lowest BCUT2D eigenvalue weighted by Crippen LogP contribution is -2.33. The lowest BCUT2D eigenvalue weighted by molar-refractivity contribution is 0.0237. The molecule has 0 unspecified atom stereocenters. The lowest BCUT2D eigenvalue weighted by atomic mass is 9.41. The van der Waals surface area contributed by atoms with Gasteiger partial charge < -0.3 is 5.11 Å². The lowest BCUT2D eigenvalue weighted by Gasteiger charge is -2.30. The van der Waals surface area contributed by atoms with Crippen LogP contribution in [0.15, 0.2) is 24.7 Å². The van der Waals surface area contributed by atoms with Crippen molar-refractivity contribution in [3.63, 3.8) is 0 Å². The molecule has 1 N–H and O–H groups in total. The van der Waals surface area contributed by atoms with Gasteiger partial charge in [-0.1, -0.05) is 12.6 Å². The predicted octanol–water partition coefficient (Wildman–Crippen LogP) is 2.14. The zero-order chi connectivity index (χ0) is 14.0. The Balaban J connectivity index is 1.82. The summed E-state index contributed by atoms with van der Waals surface area (Å²) in [4.78, 5) is 13.6. The van der Waals surface area contributed by atoms with E-state index in [1.807, 2.05) is 0 Å². The van der Waals surface area contributed by atoms with Gasteiger partial charge in [0.2, 0.25) is 0 Å². The molecule has 3 heterocycles. The van der Waals surface area contributed by atoms with Crippen molar-refractivity contribution in [1.82, 2.24) is 15.0 Å². The summed E-state index contributed by atoms with van der Waals surface area (Å²) in [5, 5.41) is 20.3. The van der Waals surface area contributed by atoms with Crippen molar-refractivity contribution < 1.29 is 5.11 Å². The van der Waals surface area contributed by atoms with Crippen LogP contribution in [0.2, 0.25) is 12.6 Å². The first-order valence-electron chi connectivity index (χ1n) is 6.57. The van der Waals surface area contributed by atoms with E-state index in [-0.39, 0.29) is 6.71 Å². The average Bonchev–Trinajstić information content (AvgIpc) is 3.00. The van der Waals surface area contributed by atoms with Gasteiger partial charge in [0, 0.05) is 24.6 Å². The van der Waals surface area contributed by atoms with Crippen LogP contribution in [0.25, 0.3) is 10.7 Å². The van der Waals surface area contributed by atoms with Gasteiger partial charge in [0.05, 0.1) is 4.88 Å². The largest absolute Gasteiger partial charge is 0.383 e. The molecule has 0 aliphatic carbocycles.